The second kappa shape index (κ2) is 5.59. The Morgan fingerprint density at radius 1 is 1.29 bits per heavy atom. The summed E-state index contributed by atoms with van der Waals surface area (Å²) in [6, 6.07) is 6.66. The van der Waals surface area contributed by atoms with Gasteiger partial charge in [0.1, 0.15) is 5.75 Å². The standard InChI is InChI=1S/C14H13F3N2O2/c1-9-7-11(19(2)18-9)8-13(20)10-3-5-12(6-4-10)21-14(15,16)17/h3-7H,8H2,1-2H3. The number of hydrogen-bond acceptors (Lipinski definition) is 3. The van der Waals surface area contributed by atoms with Crippen LogP contribution in [0.2, 0.25) is 0 Å². The molecule has 0 saturated carbocycles. The fraction of sp³-hybridized carbons (Fsp3) is 0.286. The molecule has 0 atom stereocenters. The highest BCUT2D eigenvalue weighted by molar-refractivity contribution is 5.97. The molecule has 0 N–H and O–H groups in total. The summed E-state index contributed by atoms with van der Waals surface area (Å²) in [4.78, 5) is 12.1. The lowest BCUT2D eigenvalue weighted by Crippen LogP contribution is -2.17. The SMILES string of the molecule is Cc1cc(CC(=O)c2ccc(OC(F)(F)F)cc2)n(C)n1. The molecule has 0 aliphatic carbocycles. The quantitative estimate of drug-likeness (QED) is 0.815. The molecule has 0 aliphatic heterocycles. The summed E-state index contributed by atoms with van der Waals surface area (Å²) >= 11 is 0. The van der Waals surface area contributed by atoms with Crippen LogP contribution in [0.5, 0.6) is 5.75 Å². The van der Waals surface area contributed by atoms with E-state index in [0.717, 1.165) is 23.5 Å². The molecular weight excluding hydrogens is 285 g/mol. The van der Waals surface area contributed by atoms with E-state index in [1.807, 2.05) is 6.92 Å². The molecule has 0 radical (unpaired) electrons. The number of carbonyl (C=O) groups is 1. The van der Waals surface area contributed by atoms with Gasteiger partial charge in [0.05, 0.1) is 12.1 Å². The fourth-order valence-electron chi connectivity index (χ4n) is 1.94. The van der Waals surface area contributed by atoms with E-state index in [-0.39, 0.29) is 18.0 Å². The monoisotopic (exact) mass is 298 g/mol. The number of hydrogen-bond donors (Lipinski definition) is 0. The molecule has 112 valence electrons. The smallest absolute Gasteiger partial charge is 0.406 e. The normalized spacial score (nSPS) is 11.5. The summed E-state index contributed by atoms with van der Waals surface area (Å²) in [5.74, 6) is -0.549. The van der Waals surface area contributed by atoms with Crippen LogP contribution in [0.4, 0.5) is 13.2 Å². The van der Waals surface area contributed by atoms with E-state index in [1.165, 1.54) is 12.1 Å². The zero-order valence-electron chi connectivity index (χ0n) is 11.4. The van der Waals surface area contributed by atoms with Gasteiger partial charge in [0, 0.05) is 18.3 Å². The number of nitrogens with zero attached hydrogens (tertiary/aromatic N) is 2. The maximum Gasteiger partial charge on any atom is 0.573 e. The maximum absolute atomic E-state index is 12.1. The third-order valence-corrected chi connectivity index (χ3v) is 2.85. The van der Waals surface area contributed by atoms with E-state index in [9.17, 15) is 18.0 Å². The summed E-state index contributed by atoms with van der Waals surface area (Å²) in [6.45, 7) is 1.82. The van der Waals surface area contributed by atoms with Gasteiger partial charge < -0.3 is 4.74 Å². The van der Waals surface area contributed by atoms with E-state index in [2.05, 4.69) is 9.84 Å². The Balaban J connectivity index is 2.08. The van der Waals surface area contributed by atoms with Gasteiger partial charge in [-0.1, -0.05) is 0 Å². The predicted octanol–water partition coefficient (Wildman–Crippen LogP) is 3.05. The van der Waals surface area contributed by atoms with Crippen molar-refractivity contribution in [1.29, 1.82) is 0 Å². The zero-order valence-corrected chi connectivity index (χ0v) is 11.4. The van der Waals surface area contributed by atoms with Crippen molar-refractivity contribution >= 4 is 5.78 Å². The van der Waals surface area contributed by atoms with Crippen LogP contribution < -0.4 is 4.74 Å². The number of alkyl halides is 3. The van der Waals surface area contributed by atoms with Gasteiger partial charge >= 0.3 is 6.36 Å². The van der Waals surface area contributed by atoms with Crippen LogP contribution in [0.3, 0.4) is 0 Å². The predicted molar refractivity (Wildman–Crippen MR) is 69.1 cm³/mol. The van der Waals surface area contributed by atoms with Gasteiger partial charge in [-0.15, -0.1) is 13.2 Å². The molecule has 7 heteroatoms. The first-order valence-corrected chi connectivity index (χ1v) is 6.13. The first kappa shape index (κ1) is 15.1. The number of carbonyl (C=O) groups excluding carboxylic acids is 1. The zero-order chi connectivity index (χ0) is 15.6. The van der Waals surface area contributed by atoms with Crippen LogP contribution in [-0.2, 0) is 13.5 Å². The summed E-state index contributed by atoms with van der Waals surface area (Å²) in [6.07, 6.45) is -4.60. The summed E-state index contributed by atoms with van der Waals surface area (Å²) in [7, 11) is 1.73. The minimum atomic E-state index is -4.74. The van der Waals surface area contributed by atoms with Gasteiger partial charge in [-0.2, -0.15) is 5.10 Å². The molecule has 0 spiro atoms. The van der Waals surface area contributed by atoms with Crippen LogP contribution in [0, 0.1) is 6.92 Å². The lowest BCUT2D eigenvalue weighted by molar-refractivity contribution is -0.274. The maximum atomic E-state index is 12.1. The molecule has 0 saturated heterocycles. The van der Waals surface area contributed by atoms with Crippen molar-refractivity contribution in [2.75, 3.05) is 0 Å². The molecule has 2 aromatic rings. The Morgan fingerprint density at radius 2 is 1.90 bits per heavy atom. The topological polar surface area (TPSA) is 44.1 Å². The number of aromatic nitrogens is 2. The van der Waals surface area contributed by atoms with Crippen LogP contribution in [0.15, 0.2) is 30.3 Å². The average Bonchev–Trinajstić information content (AvgIpc) is 2.66. The van der Waals surface area contributed by atoms with Gasteiger partial charge in [0.2, 0.25) is 0 Å². The summed E-state index contributed by atoms with van der Waals surface area (Å²) in [5.41, 5.74) is 1.87. The van der Waals surface area contributed by atoms with Crippen molar-refractivity contribution in [3.63, 3.8) is 0 Å². The highest BCUT2D eigenvalue weighted by Crippen LogP contribution is 2.23. The van der Waals surface area contributed by atoms with Gasteiger partial charge in [0.15, 0.2) is 5.78 Å². The highest BCUT2D eigenvalue weighted by atomic mass is 19.4. The van der Waals surface area contributed by atoms with Gasteiger partial charge in [-0.3, -0.25) is 9.48 Å². The average molecular weight is 298 g/mol. The van der Waals surface area contributed by atoms with E-state index in [0.29, 0.717) is 5.56 Å². The number of halogens is 3. The first-order valence-electron chi connectivity index (χ1n) is 6.13. The molecule has 1 aromatic heterocycles. The molecule has 1 heterocycles. The molecule has 0 unspecified atom stereocenters. The van der Waals surface area contributed by atoms with E-state index < -0.39 is 6.36 Å². The van der Waals surface area contributed by atoms with Crippen molar-refractivity contribution in [2.45, 2.75) is 19.7 Å². The molecule has 1 aromatic carbocycles. The second-order valence-electron chi connectivity index (χ2n) is 4.57. The van der Waals surface area contributed by atoms with Crippen molar-refractivity contribution in [3.05, 3.63) is 47.3 Å². The Labute approximate surface area is 119 Å². The molecular formula is C14H13F3N2O2. The Hall–Kier alpha value is -2.31. The minimum Gasteiger partial charge on any atom is -0.406 e. The van der Waals surface area contributed by atoms with Gasteiger partial charge in [-0.25, -0.2) is 0 Å². The number of rotatable bonds is 4. The Morgan fingerprint density at radius 3 is 2.38 bits per heavy atom. The largest absolute Gasteiger partial charge is 0.573 e. The molecule has 21 heavy (non-hydrogen) atoms. The summed E-state index contributed by atoms with van der Waals surface area (Å²) in [5, 5.41) is 4.13. The number of ketones is 1. The molecule has 2 rings (SSSR count). The van der Waals surface area contributed by atoms with Crippen LogP contribution in [0.1, 0.15) is 21.7 Å². The van der Waals surface area contributed by atoms with Crippen LogP contribution in [-0.4, -0.2) is 21.9 Å². The van der Waals surface area contributed by atoms with Crippen LogP contribution in [0.25, 0.3) is 0 Å². The molecule has 0 amide bonds. The van der Waals surface area contributed by atoms with Crippen molar-refractivity contribution in [3.8, 4) is 5.75 Å². The second-order valence-corrected chi connectivity index (χ2v) is 4.57. The molecule has 4 nitrogen and oxygen atoms in total. The molecule has 0 bridgehead atoms. The number of aryl methyl sites for hydroxylation is 2. The number of ether oxygens (including phenoxy) is 1. The number of benzene rings is 1. The summed E-state index contributed by atoms with van der Waals surface area (Å²) < 4.78 is 41.5. The lowest BCUT2D eigenvalue weighted by atomic mass is 10.1. The fourth-order valence-corrected chi connectivity index (χ4v) is 1.94. The third kappa shape index (κ3) is 4.08. The molecule has 0 aliphatic rings. The Kier molecular flexibility index (Phi) is 4.02. The molecule has 0 fully saturated rings. The minimum absolute atomic E-state index is 0.136. The number of Topliss-reactive ketones (excluding diaryl/α,β-unsaturated/α-hetero) is 1. The highest BCUT2D eigenvalue weighted by Gasteiger charge is 2.31. The van der Waals surface area contributed by atoms with Crippen molar-refractivity contribution in [2.24, 2.45) is 7.05 Å². The van der Waals surface area contributed by atoms with E-state index in [1.54, 1.807) is 17.8 Å². The van der Waals surface area contributed by atoms with Gasteiger partial charge in [-0.05, 0) is 37.3 Å². The Bertz CT molecular complexity index is 645. The van der Waals surface area contributed by atoms with Gasteiger partial charge in [0.25, 0.3) is 0 Å². The van der Waals surface area contributed by atoms with E-state index in [4.69, 9.17) is 0 Å². The first-order chi connectivity index (χ1) is 9.74. The van der Waals surface area contributed by atoms with Crippen LogP contribution >= 0.6 is 0 Å². The van der Waals surface area contributed by atoms with E-state index >= 15 is 0 Å². The van der Waals surface area contributed by atoms with Crippen molar-refractivity contribution < 1.29 is 22.7 Å². The lowest BCUT2D eigenvalue weighted by Gasteiger charge is -2.09. The third-order valence-electron chi connectivity index (χ3n) is 2.85. The van der Waals surface area contributed by atoms with Crippen molar-refractivity contribution in [1.82, 2.24) is 9.78 Å².